The van der Waals surface area contributed by atoms with E-state index in [-0.39, 0.29) is 4.90 Å². The molecule has 41 heavy (non-hydrogen) atoms. The van der Waals surface area contributed by atoms with Crippen LogP contribution in [0.4, 0.5) is 21.6 Å². The highest BCUT2D eigenvalue weighted by Gasteiger charge is 2.15. The second-order valence-corrected chi connectivity index (χ2v) is 11.6. The van der Waals surface area contributed by atoms with Crippen LogP contribution in [-0.2, 0) is 10.0 Å². The second-order valence-electron chi connectivity index (χ2n) is 9.92. The molecule has 9 nitrogen and oxygen atoms in total. The number of aromatic nitrogens is 2. The lowest BCUT2D eigenvalue weighted by Crippen LogP contribution is -2.44. The maximum atomic E-state index is 13.1. The predicted molar refractivity (Wildman–Crippen MR) is 158 cm³/mol. The van der Waals surface area contributed by atoms with Gasteiger partial charge in [0.2, 0.25) is 0 Å². The predicted octanol–water partition coefficient (Wildman–Crippen LogP) is 4.84. The van der Waals surface area contributed by atoms with E-state index in [2.05, 4.69) is 36.9 Å². The molecule has 0 unspecified atom stereocenters. The average molecular weight is 577 g/mol. The van der Waals surface area contributed by atoms with Crippen LogP contribution >= 0.6 is 0 Å². The van der Waals surface area contributed by atoms with Gasteiger partial charge in [-0.05, 0) is 86.3 Å². The molecule has 0 atom stereocenters. The van der Waals surface area contributed by atoms with E-state index in [1.54, 1.807) is 24.3 Å². The van der Waals surface area contributed by atoms with Crippen LogP contribution in [-0.4, -0.2) is 74.6 Å². The Bertz CT molecular complexity index is 1530. The number of benzene rings is 3. The number of sulfonamides is 1. The molecule has 1 saturated heterocycles. The van der Waals surface area contributed by atoms with Gasteiger partial charge in [-0.15, -0.1) is 0 Å². The summed E-state index contributed by atoms with van der Waals surface area (Å²) in [6.07, 6.45) is 2.49. The Kier molecular flexibility index (Phi) is 9.07. The van der Waals surface area contributed by atoms with Crippen LogP contribution in [0.3, 0.4) is 0 Å². The van der Waals surface area contributed by atoms with E-state index in [0.29, 0.717) is 18.1 Å². The second kappa shape index (κ2) is 13.1. The number of piperazine rings is 1. The number of nitrogens with zero attached hydrogens (tertiary/aromatic N) is 4. The molecule has 0 spiro atoms. The lowest BCUT2D eigenvalue weighted by molar-refractivity contribution is 0.145. The van der Waals surface area contributed by atoms with Crippen molar-refractivity contribution in [3.8, 4) is 17.0 Å². The quantitative estimate of drug-likeness (QED) is 0.245. The zero-order chi connectivity index (χ0) is 28.7. The number of anilines is 3. The Morgan fingerprint density at radius 2 is 1.56 bits per heavy atom. The summed E-state index contributed by atoms with van der Waals surface area (Å²) in [5, 5.41) is 3.22. The summed E-state index contributed by atoms with van der Waals surface area (Å²) in [4.78, 5) is 13.5. The smallest absolute Gasteiger partial charge is 0.261 e. The summed E-state index contributed by atoms with van der Waals surface area (Å²) >= 11 is 0. The highest BCUT2D eigenvalue weighted by atomic mass is 32.2. The summed E-state index contributed by atoms with van der Waals surface area (Å²) in [6.45, 7) is 6.22. The fourth-order valence-corrected chi connectivity index (χ4v) is 5.51. The van der Waals surface area contributed by atoms with Gasteiger partial charge in [0.15, 0.2) is 0 Å². The van der Waals surface area contributed by atoms with Crippen LogP contribution in [0, 0.1) is 5.82 Å². The summed E-state index contributed by atoms with van der Waals surface area (Å²) in [7, 11) is -1.66. The van der Waals surface area contributed by atoms with E-state index in [9.17, 15) is 12.8 Å². The Balaban J connectivity index is 1.13. The average Bonchev–Trinajstić information content (AvgIpc) is 2.98. The van der Waals surface area contributed by atoms with E-state index < -0.39 is 15.8 Å². The van der Waals surface area contributed by atoms with Crippen molar-refractivity contribution in [2.24, 2.45) is 0 Å². The lowest BCUT2D eigenvalue weighted by atomic mass is 10.1. The minimum absolute atomic E-state index is 0.0181. The molecular formula is C30H33FN6O3S. The van der Waals surface area contributed by atoms with E-state index >= 15 is 0 Å². The first-order valence-corrected chi connectivity index (χ1v) is 14.9. The summed E-state index contributed by atoms with van der Waals surface area (Å²) in [5.41, 5.74) is 2.79. The molecule has 1 aliphatic heterocycles. The van der Waals surface area contributed by atoms with Crippen LogP contribution in [0.2, 0.25) is 0 Å². The maximum Gasteiger partial charge on any atom is 0.261 e. The van der Waals surface area contributed by atoms with E-state index in [4.69, 9.17) is 4.74 Å². The number of nitrogens with one attached hydrogen (secondary N) is 2. The Morgan fingerprint density at radius 1 is 0.878 bits per heavy atom. The van der Waals surface area contributed by atoms with Gasteiger partial charge in [-0.2, -0.15) is 0 Å². The normalized spacial score (nSPS) is 14.5. The largest absolute Gasteiger partial charge is 0.494 e. The number of ether oxygens (including phenoxy) is 1. The Labute approximate surface area is 240 Å². The molecular weight excluding hydrogens is 543 g/mol. The van der Waals surface area contributed by atoms with Gasteiger partial charge in [-0.1, -0.05) is 0 Å². The monoisotopic (exact) mass is 576 g/mol. The van der Waals surface area contributed by atoms with Crippen molar-refractivity contribution in [3.05, 3.63) is 91.0 Å². The molecule has 0 saturated carbocycles. The van der Waals surface area contributed by atoms with Crippen molar-refractivity contribution in [3.63, 3.8) is 0 Å². The van der Waals surface area contributed by atoms with Crippen molar-refractivity contribution in [1.82, 2.24) is 19.8 Å². The van der Waals surface area contributed by atoms with Crippen LogP contribution in [0.5, 0.6) is 5.75 Å². The Hall–Kier alpha value is -4.06. The van der Waals surface area contributed by atoms with Gasteiger partial charge >= 0.3 is 0 Å². The molecule has 0 aliphatic carbocycles. The first-order valence-electron chi connectivity index (χ1n) is 13.5. The van der Waals surface area contributed by atoms with E-state index in [1.165, 1.54) is 18.5 Å². The molecule has 0 amide bonds. The molecule has 3 aromatic carbocycles. The molecule has 4 aromatic rings. The molecule has 11 heteroatoms. The van der Waals surface area contributed by atoms with Gasteiger partial charge in [0, 0.05) is 55.7 Å². The zero-order valence-electron chi connectivity index (χ0n) is 22.8. The van der Waals surface area contributed by atoms with E-state index in [0.717, 1.165) is 74.0 Å². The van der Waals surface area contributed by atoms with Crippen molar-refractivity contribution < 1.29 is 17.5 Å². The molecule has 2 N–H and O–H groups in total. The number of halogens is 1. The number of rotatable bonds is 11. The molecule has 214 valence electrons. The number of likely N-dealkylation sites (N-methyl/N-ethyl adjacent to an activating group) is 1. The topological polar surface area (TPSA) is 99.7 Å². The fourth-order valence-electron chi connectivity index (χ4n) is 4.45. The van der Waals surface area contributed by atoms with Crippen molar-refractivity contribution in [1.29, 1.82) is 0 Å². The molecule has 1 fully saturated rings. The number of hydrogen-bond acceptors (Lipinski definition) is 8. The highest BCUT2D eigenvalue weighted by Crippen LogP contribution is 2.25. The summed E-state index contributed by atoms with van der Waals surface area (Å²) in [6, 6.07) is 21.1. The minimum atomic E-state index is -3.82. The van der Waals surface area contributed by atoms with Crippen molar-refractivity contribution in [2.45, 2.75) is 11.3 Å². The van der Waals surface area contributed by atoms with Crippen LogP contribution < -0.4 is 14.8 Å². The van der Waals surface area contributed by atoms with Gasteiger partial charge in [0.25, 0.3) is 10.0 Å². The third-order valence-electron chi connectivity index (χ3n) is 6.83. The van der Waals surface area contributed by atoms with Crippen LogP contribution in [0.15, 0.2) is 90.1 Å². The molecule has 0 bridgehead atoms. The SMILES string of the molecule is CN1CCN(CCCOc2ccc(-c3cc(Nc4ccc(NS(=O)(=O)c5ccc(F)cc5)cc4)ncn3)cc2)CC1. The first kappa shape index (κ1) is 28.5. The minimum Gasteiger partial charge on any atom is -0.494 e. The molecule has 1 aromatic heterocycles. The van der Waals surface area contributed by atoms with Crippen molar-refractivity contribution >= 4 is 27.2 Å². The van der Waals surface area contributed by atoms with E-state index in [1.807, 2.05) is 30.3 Å². The third kappa shape index (κ3) is 8.00. The molecule has 2 heterocycles. The fraction of sp³-hybridized carbons (Fsp3) is 0.267. The van der Waals surface area contributed by atoms with Gasteiger partial charge in [0.05, 0.1) is 17.2 Å². The summed E-state index contributed by atoms with van der Waals surface area (Å²) < 4.78 is 46.6. The van der Waals surface area contributed by atoms with Gasteiger partial charge in [0.1, 0.15) is 23.7 Å². The van der Waals surface area contributed by atoms with Crippen LogP contribution in [0.25, 0.3) is 11.3 Å². The zero-order valence-corrected chi connectivity index (χ0v) is 23.6. The Morgan fingerprint density at radius 3 is 2.27 bits per heavy atom. The van der Waals surface area contributed by atoms with Gasteiger partial charge in [-0.3, -0.25) is 4.72 Å². The van der Waals surface area contributed by atoms with Crippen LogP contribution in [0.1, 0.15) is 6.42 Å². The first-order chi connectivity index (χ1) is 19.8. The highest BCUT2D eigenvalue weighted by molar-refractivity contribution is 7.92. The maximum absolute atomic E-state index is 13.1. The summed E-state index contributed by atoms with van der Waals surface area (Å²) in [5.74, 6) is 0.925. The van der Waals surface area contributed by atoms with Crippen molar-refractivity contribution in [2.75, 3.05) is 56.4 Å². The third-order valence-corrected chi connectivity index (χ3v) is 8.23. The molecule has 5 rings (SSSR count). The lowest BCUT2D eigenvalue weighted by Gasteiger charge is -2.32. The molecule has 0 radical (unpaired) electrons. The standard InChI is InChI=1S/C30H33FN6O3S/c1-36-16-18-37(19-17-36)15-2-20-40-27-11-3-23(4-12-27)29-21-30(33-22-32-29)34-25-7-9-26(10-8-25)35-41(38,39)28-13-5-24(31)6-14-28/h3-14,21-22,35H,2,15-20H2,1H3,(H,32,33,34). The van der Waals surface area contributed by atoms with Gasteiger partial charge in [-0.25, -0.2) is 22.8 Å². The number of hydrogen-bond donors (Lipinski definition) is 2. The molecule has 1 aliphatic rings. The van der Waals surface area contributed by atoms with Gasteiger partial charge < -0.3 is 19.9 Å².